The van der Waals surface area contributed by atoms with Crippen LogP contribution in [0.2, 0.25) is 0 Å². The van der Waals surface area contributed by atoms with Gasteiger partial charge in [-0.3, -0.25) is 14.4 Å². The van der Waals surface area contributed by atoms with Gasteiger partial charge in [-0.15, -0.1) is 0 Å². The number of amides is 1. The van der Waals surface area contributed by atoms with Gasteiger partial charge in [0.05, 0.1) is 10.9 Å². The van der Waals surface area contributed by atoms with Gasteiger partial charge in [-0.25, -0.2) is 9.97 Å². The van der Waals surface area contributed by atoms with E-state index in [0.29, 0.717) is 19.4 Å². The highest BCUT2D eigenvalue weighted by Crippen LogP contribution is 2.36. The van der Waals surface area contributed by atoms with Gasteiger partial charge in [-0.05, 0) is 31.9 Å². The first-order valence-corrected chi connectivity index (χ1v) is 9.99. The molecule has 0 radical (unpaired) electrons. The highest BCUT2D eigenvalue weighted by molar-refractivity contribution is 5.94. The van der Waals surface area contributed by atoms with Gasteiger partial charge in [0.25, 0.3) is 17.0 Å². The molecule has 1 fully saturated rings. The molecule has 32 heavy (non-hydrogen) atoms. The van der Waals surface area contributed by atoms with Crippen LogP contribution in [0.25, 0.3) is 11.0 Å². The summed E-state index contributed by atoms with van der Waals surface area (Å²) in [5.41, 5.74) is -2.25. The molecule has 1 saturated heterocycles. The largest absolute Gasteiger partial charge is 0.417 e. The van der Waals surface area contributed by atoms with Gasteiger partial charge in [-0.2, -0.15) is 13.2 Å². The first-order chi connectivity index (χ1) is 15.0. The van der Waals surface area contributed by atoms with Crippen molar-refractivity contribution in [2.45, 2.75) is 31.9 Å². The fourth-order valence-electron chi connectivity index (χ4n) is 3.97. The lowest BCUT2D eigenvalue weighted by Gasteiger charge is -2.33. The number of aromatic amines is 1. The third-order valence-electron chi connectivity index (χ3n) is 5.60. The van der Waals surface area contributed by atoms with Crippen molar-refractivity contribution in [3.63, 3.8) is 0 Å². The molecule has 11 heteroatoms. The van der Waals surface area contributed by atoms with Crippen molar-refractivity contribution in [1.82, 2.24) is 24.4 Å². The van der Waals surface area contributed by atoms with Gasteiger partial charge >= 0.3 is 6.18 Å². The summed E-state index contributed by atoms with van der Waals surface area (Å²) in [6.45, 7) is 2.03. The second-order valence-corrected chi connectivity index (χ2v) is 7.90. The van der Waals surface area contributed by atoms with E-state index in [0.717, 1.165) is 6.07 Å². The maximum atomic E-state index is 13.7. The number of likely N-dealkylation sites (tertiary alicyclic amines) is 1. The molecule has 1 atom stereocenters. The number of aryl methyl sites for hydroxylation is 2. The lowest BCUT2D eigenvalue weighted by Crippen LogP contribution is -2.40. The molecule has 0 spiro atoms. The van der Waals surface area contributed by atoms with E-state index < -0.39 is 28.6 Å². The molecule has 0 aliphatic carbocycles. The number of nitrogens with one attached hydrogen (secondary N) is 1. The Morgan fingerprint density at radius 1 is 1.22 bits per heavy atom. The van der Waals surface area contributed by atoms with E-state index in [1.165, 1.54) is 34.7 Å². The van der Waals surface area contributed by atoms with Crippen molar-refractivity contribution in [3.8, 4) is 0 Å². The average molecular weight is 447 g/mol. The van der Waals surface area contributed by atoms with Crippen LogP contribution in [0, 0.1) is 6.92 Å². The molecule has 0 saturated carbocycles. The Bertz CT molecular complexity index is 1330. The third kappa shape index (κ3) is 4.02. The summed E-state index contributed by atoms with van der Waals surface area (Å²) in [6.07, 6.45) is -2.19. The Kier molecular flexibility index (Phi) is 5.35. The minimum atomic E-state index is -4.77. The molecule has 1 N–H and O–H groups in total. The number of fused-ring (bicyclic) bond motifs is 1. The molecule has 4 heterocycles. The van der Waals surface area contributed by atoms with E-state index in [9.17, 15) is 27.6 Å². The summed E-state index contributed by atoms with van der Waals surface area (Å²) in [4.78, 5) is 49.0. The SMILES string of the molecule is Cc1nc2nc([C@H]3CCCN(C(=O)c4ccn(C)c(=O)c4)C3)cc(C(F)(F)F)c2c(=O)[nH]1. The Labute approximate surface area is 179 Å². The van der Waals surface area contributed by atoms with Crippen LogP contribution in [0.1, 0.15) is 46.2 Å². The van der Waals surface area contributed by atoms with Gasteiger partial charge < -0.3 is 14.5 Å². The number of hydrogen-bond acceptors (Lipinski definition) is 5. The highest BCUT2D eigenvalue weighted by atomic mass is 19.4. The molecular weight excluding hydrogens is 427 g/mol. The fraction of sp³-hybridized carbons (Fsp3) is 0.381. The minimum absolute atomic E-state index is 0.129. The average Bonchev–Trinajstić information content (AvgIpc) is 2.73. The number of pyridine rings is 2. The van der Waals surface area contributed by atoms with Crippen molar-refractivity contribution >= 4 is 16.9 Å². The summed E-state index contributed by atoms with van der Waals surface area (Å²) in [5, 5.41) is -0.601. The number of aromatic nitrogens is 4. The number of carbonyl (C=O) groups is 1. The summed E-state index contributed by atoms with van der Waals surface area (Å²) in [6, 6.07) is 3.65. The zero-order valence-electron chi connectivity index (χ0n) is 17.4. The molecule has 8 nitrogen and oxygen atoms in total. The number of alkyl halides is 3. The number of carbonyl (C=O) groups excluding carboxylic acids is 1. The molecule has 3 aromatic heterocycles. The lowest BCUT2D eigenvalue weighted by atomic mass is 9.92. The normalized spacial score (nSPS) is 17.0. The predicted molar refractivity (Wildman–Crippen MR) is 109 cm³/mol. The van der Waals surface area contributed by atoms with E-state index in [1.54, 1.807) is 7.05 Å². The highest BCUT2D eigenvalue weighted by Gasteiger charge is 2.36. The standard InChI is InChI=1S/C21H20F3N5O3/c1-11-25-18-17(19(31)26-11)14(21(22,23)24)9-15(27-18)13-4-3-6-29(10-13)20(32)12-5-7-28(2)16(30)8-12/h5,7-9,13H,3-4,6,10H2,1-2H3,(H,25,26,27,31)/t13-/m0/s1. The van der Waals surface area contributed by atoms with Crippen molar-refractivity contribution in [1.29, 1.82) is 0 Å². The summed E-state index contributed by atoms with van der Waals surface area (Å²) >= 11 is 0. The van der Waals surface area contributed by atoms with Crippen LogP contribution in [0.15, 0.2) is 34.0 Å². The van der Waals surface area contributed by atoms with Crippen LogP contribution < -0.4 is 11.1 Å². The molecule has 0 unspecified atom stereocenters. The molecule has 0 bridgehead atoms. The van der Waals surface area contributed by atoms with Gasteiger partial charge in [-0.1, -0.05) is 0 Å². The molecular formula is C21H20F3N5O3. The van der Waals surface area contributed by atoms with Crippen LogP contribution in [-0.4, -0.2) is 43.4 Å². The molecule has 4 rings (SSSR count). The lowest BCUT2D eigenvalue weighted by molar-refractivity contribution is -0.136. The summed E-state index contributed by atoms with van der Waals surface area (Å²) < 4.78 is 42.6. The smallest absolute Gasteiger partial charge is 0.338 e. The number of nitrogens with zero attached hydrogens (tertiary/aromatic N) is 4. The second-order valence-electron chi connectivity index (χ2n) is 7.90. The number of piperidine rings is 1. The maximum Gasteiger partial charge on any atom is 0.417 e. The molecule has 1 amide bonds. The molecule has 168 valence electrons. The Balaban J connectivity index is 1.72. The van der Waals surface area contributed by atoms with Crippen LogP contribution in [-0.2, 0) is 13.2 Å². The molecule has 1 aliphatic rings. The quantitative estimate of drug-likeness (QED) is 0.650. The van der Waals surface area contributed by atoms with Crippen molar-refractivity contribution in [3.05, 3.63) is 67.7 Å². The zero-order valence-corrected chi connectivity index (χ0v) is 17.4. The van der Waals surface area contributed by atoms with Crippen LogP contribution >= 0.6 is 0 Å². The zero-order chi connectivity index (χ0) is 23.2. The van der Waals surface area contributed by atoms with Crippen LogP contribution in [0.4, 0.5) is 13.2 Å². The summed E-state index contributed by atoms with van der Waals surface area (Å²) in [5.74, 6) is -0.674. The van der Waals surface area contributed by atoms with Crippen molar-refractivity contribution < 1.29 is 18.0 Å². The number of hydrogen-bond donors (Lipinski definition) is 1. The number of H-pyrrole nitrogens is 1. The first kappa shape index (κ1) is 21.7. The van der Waals surface area contributed by atoms with Gasteiger partial charge in [0.15, 0.2) is 5.65 Å². The van der Waals surface area contributed by atoms with Gasteiger partial charge in [0.2, 0.25) is 0 Å². The van der Waals surface area contributed by atoms with E-state index in [-0.39, 0.29) is 40.7 Å². The fourth-order valence-corrected chi connectivity index (χ4v) is 3.97. The van der Waals surface area contributed by atoms with Crippen molar-refractivity contribution in [2.75, 3.05) is 13.1 Å². The Hall–Kier alpha value is -3.50. The van der Waals surface area contributed by atoms with E-state index in [1.807, 2.05) is 0 Å². The Morgan fingerprint density at radius 3 is 2.66 bits per heavy atom. The molecule has 1 aliphatic heterocycles. The monoisotopic (exact) mass is 447 g/mol. The first-order valence-electron chi connectivity index (χ1n) is 9.99. The van der Waals surface area contributed by atoms with Crippen LogP contribution in [0.3, 0.4) is 0 Å². The topological polar surface area (TPSA) is 101 Å². The summed E-state index contributed by atoms with van der Waals surface area (Å²) in [7, 11) is 1.57. The van der Waals surface area contributed by atoms with E-state index in [2.05, 4.69) is 15.0 Å². The minimum Gasteiger partial charge on any atom is -0.338 e. The van der Waals surface area contributed by atoms with Gasteiger partial charge in [0, 0.05) is 49.6 Å². The van der Waals surface area contributed by atoms with Gasteiger partial charge in [0.1, 0.15) is 5.82 Å². The third-order valence-corrected chi connectivity index (χ3v) is 5.60. The number of rotatable bonds is 2. The number of halogens is 3. The van der Waals surface area contributed by atoms with Crippen LogP contribution in [0.5, 0.6) is 0 Å². The molecule has 3 aromatic rings. The van der Waals surface area contributed by atoms with E-state index in [4.69, 9.17) is 0 Å². The predicted octanol–water partition coefficient (Wildman–Crippen LogP) is 2.36. The van der Waals surface area contributed by atoms with Crippen molar-refractivity contribution in [2.24, 2.45) is 7.05 Å². The molecule has 0 aromatic carbocycles. The van der Waals surface area contributed by atoms with E-state index >= 15 is 0 Å². The second kappa shape index (κ2) is 7.88. The maximum absolute atomic E-state index is 13.7. The Morgan fingerprint density at radius 2 is 1.97 bits per heavy atom.